The highest BCUT2D eigenvalue weighted by Gasteiger charge is 2.39. The largest absolute Gasteiger partial charge is 0.535 e. The number of benzene rings is 1. The van der Waals surface area contributed by atoms with E-state index in [0.29, 0.717) is 17.7 Å². The van der Waals surface area contributed by atoms with E-state index in [1.165, 1.54) is 5.38 Å². The van der Waals surface area contributed by atoms with E-state index < -0.39 is 24.7 Å². The van der Waals surface area contributed by atoms with Crippen molar-refractivity contribution in [3.8, 4) is 5.75 Å². The molecule has 1 aromatic heterocycles. The molecular weight excluding hydrogens is 475 g/mol. The summed E-state index contributed by atoms with van der Waals surface area (Å²) in [5, 5.41) is 44.0. The lowest BCUT2D eigenvalue weighted by molar-refractivity contribution is -0.113. The molecule has 13 heteroatoms. The molecule has 1 fully saturated rings. The zero-order valence-corrected chi connectivity index (χ0v) is 19.8. The van der Waals surface area contributed by atoms with Gasteiger partial charge in [-0.05, 0) is 49.4 Å². The lowest BCUT2D eigenvalue weighted by Crippen LogP contribution is -2.37. The van der Waals surface area contributed by atoms with Gasteiger partial charge in [-0.25, -0.2) is 9.78 Å². The van der Waals surface area contributed by atoms with E-state index in [9.17, 15) is 30.0 Å². The number of aliphatic hydroxyl groups excluding tert-OH is 1. The zero-order chi connectivity index (χ0) is 25.1. The molecular formula is C22H27BN4O7S. The van der Waals surface area contributed by atoms with Gasteiger partial charge in [-0.2, -0.15) is 0 Å². The van der Waals surface area contributed by atoms with Crippen molar-refractivity contribution in [2.75, 3.05) is 25.4 Å². The van der Waals surface area contributed by atoms with E-state index in [1.54, 1.807) is 12.1 Å². The summed E-state index contributed by atoms with van der Waals surface area (Å²) < 4.78 is 5.66. The molecule has 1 atom stereocenters. The monoisotopic (exact) mass is 502 g/mol. The standard InChI is InChI=1S/C22H27BN4O7S/c24-22-25-16(11-35-22)19(26-33)17(29)8-15-7-13-1-2-14(9-27-5-3-12(10-28)4-6-27)18(21(30)31)20(13)34-23(15)32/h1-2,11-12,15,28,32-33H,3-10H2,(H2,24,25)(H,30,31)/b26-19-/t15-/m1/s1. The van der Waals surface area contributed by atoms with Gasteiger partial charge in [0, 0.05) is 30.8 Å². The second kappa shape index (κ2) is 10.7. The SMILES string of the molecule is Nc1nc(/C(=N/O)C(=O)C[C@H]2Cc3ccc(CN4CCC(CO)CC4)c(C(=O)O)c3OB2O)cs1. The van der Waals surface area contributed by atoms with Crippen LogP contribution in [0.5, 0.6) is 5.75 Å². The van der Waals surface area contributed by atoms with Crippen LogP contribution in [-0.4, -0.2) is 74.6 Å². The summed E-state index contributed by atoms with van der Waals surface area (Å²) in [5.74, 6) is -1.99. The Labute approximate surface area is 206 Å². The number of piperidine rings is 1. The maximum Gasteiger partial charge on any atom is 0.526 e. The number of carboxylic acids is 1. The first-order chi connectivity index (χ1) is 16.8. The highest BCUT2D eigenvalue weighted by molar-refractivity contribution is 7.13. The number of thiazole rings is 1. The van der Waals surface area contributed by atoms with Crippen molar-refractivity contribution in [1.82, 2.24) is 9.88 Å². The number of carbonyl (C=O) groups is 2. The van der Waals surface area contributed by atoms with Crippen molar-refractivity contribution >= 4 is 41.1 Å². The van der Waals surface area contributed by atoms with Crippen LogP contribution in [-0.2, 0) is 17.8 Å². The Bertz CT molecular complexity index is 1130. The predicted octanol–water partition coefficient (Wildman–Crippen LogP) is 1.25. The van der Waals surface area contributed by atoms with Crippen LogP contribution in [0.25, 0.3) is 0 Å². The van der Waals surface area contributed by atoms with Crippen molar-refractivity contribution in [1.29, 1.82) is 0 Å². The van der Waals surface area contributed by atoms with Crippen molar-refractivity contribution in [2.45, 2.75) is 38.0 Å². The number of hydrogen-bond acceptors (Lipinski definition) is 11. The first kappa shape index (κ1) is 25.1. The molecule has 3 heterocycles. The molecule has 0 saturated carbocycles. The van der Waals surface area contributed by atoms with E-state index >= 15 is 0 Å². The molecule has 0 radical (unpaired) electrons. The minimum absolute atomic E-state index is 0.00571. The number of ketones is 1. The number of rotatable bonds is 8. The maximum atomic E-state index is 12.8. The third-order valence-electron chi connectivity index (χ3n) is 6.60. The highest BCUT2D eigenvalue weighted by Crippen LogP contribution is 2.38. The molecule has 1 aromatic carbocycles. The first-order valence-corrected chi connectivity index (χ1v) is 12.2. The summed E-state index contributed by atoms with van der Waals surface area (Å²) in [5.41, 5.74) is 6.64. The smallest absolute Gasteiger partial charge is 0.526 e. The van der Waals surface area contributed by atoms with Crippen LogP contribution >= 0.6 is 11.3 Å². The van der Waals surface area contributed by atoms with Crippen LogP contribution in [0, 0.1) is 5.92 Å². The number of aromatic carboxylic acids is 1. The number of nitrogen functional groups attached to an aromatic ring is 1. The number of hydrogen-bond donors (Lipinski definition) is 5. The van der Waals surface area contributed by atoms with Crippen molar-refractivity contribution in [3.63, 3.8) is 0 Å². The Kier molecular flexibility index (Phi) is 7.70. The molecule has 0 amide bonds. The number of likely N-dealkylation sites (tertiary alicyclic amines) is 1. The van der Waals surface area contributed by atoms with Crippen LogP contribution < -0.4 is 10.4 Å². The Morgan fingerprint density at radius 1 is 1.31 bits per heavy atom. The quantitative estimate of drug-likeness (QED) is 0.153. The lowest BCUT2D eigenvalue weighted by atomic mass is 9.64. The number of carbonyl (C=O) groups excluding carboxylic acids is 1. The van der Waals surface area contributed by atoms with E-state index in [2.05, 4.69) is 15.0 Å². The number of anilines is 1. The molecule has 0 spiro atoms. The minimum atomic E-state index is -1.42. The van der Waals surface area contributed by atoms with Crippen LogP contribution in [0.2, 0.25) is 5.82 Å². The van der Waals surface area contributed by atoms with Gasteiger partial charge in [0.2, 0.25) is 0 Å². The van der Waals surface area contributed by atoms with Gasteiger partial charge in [-0.1, -0.05) is 17.3 Å². The fourth-order valence-electron chi connectivity index (χ4n) is 4.65. The van der Waals surface area contributed by atoms with Crippen molar-refractivity contribution in [2.24, 2.45) is 11.1 Å². The van der Waals surface area contributed by atoms with E-state index in [1.807, 2.05) is 0 Å². The number of fused-ring (bicyclic) bond motifs is 1. The lowest BCUT2D eigenvalue weighted by Gasteiger charge is -2.32. The van der Waals surface area contributed by atoms with Crippen LogP contribution in [0.3, 0.4) is 0 Å². The van der Waals surface area contributed by atoms with Gasteiger partial charge >= 0.3 is 13.1 Å². The summed E-state index contributed by atoms with van der Waals surface area (Å²) in [6.45, 7) is 2.09. The number of nitrogens with zero attached hydrogens (tertiary/aromatic N) is 3. The zero-order valence-electron chi connectivity index (χ0n) is 19.0. The Balaban J connectivity index is 1.51. The molecule has 186 valence electrons. The number of carboxylic acid groups (broad SMARTS) is 1. The molecule has 0 aliphatic carbocycles. The molecule has 2 aliphatic rings. The highest BCUT2D eigenvalue weighted by atomic mass is 32.1. The average Bonchev–Trinajstić information content (AvgIpc) is 3.26. The number of nitrogens with two attached hydrogens (primary N) is 1. The molecule has 0 bridgehead atoms. The maximum absolute atomic E-state index is 12.8. The van der Waals surface area contributed by atoms with Gasteiger partial charge in [0.1, 0.15) is 17.0 Å². The van der Waals surface area contributed by atoms with Gasteiger partial charge in [0.15, 0.2) is 16.6 Å². The van der Waals surface area contributed by atoms with Gasteiger partial charge < -0.3 is 30.8 Å². The van der Waals surface area contributed by atoms with Crippen molar-refractivity contribution < 1.29 is 34.7 Å². The molecule has 6 N–H and O–H groups in total. The van der Waals surface area contributed by atoms with Gasteiger partial charge in [-0.3, -0.25) is 9.69 Å². The normalized spacial score (nSPS) is 19.3. The molecule has 35 heavy (non-hydrogen) atoms. The topological polar surface area (TPSA) is 179 Å². The number of aliphatic hydroxyl groups is 1. The van der Waals surface area contributed by atoms with E-state index in [-0.39, 0.29) is 53.2 Å². The third kappa shape index (κ3) is 5.48. The predicted molar refractivity (Wildman–Crippen MR) is 129 cm³/mol. The van der Waals surface area contributed by atoms with Gasteiger partial charge in [-0.15, -0.1) is 11.3 Å². The summed E-state index contributed by atoms with van der Waals surface area (Å²) >= 11 is 1.10. The summed E-state index contributed by atoms with van der Waals surface area (Å²) in [7, 11) is -1.42. The summed E-state index contributed by atoms with van der Waals surface area (Å²) in [4.78, 5) is 31.0. The van der Waals surface area contributed by atoms with Gasteiger partial charge in [0.25, 0.3) is 0 Å². The number of oxime groups is 1. The second-order valence-corrected chi connectivity index (χ2v) is 9.80. The van der Waals surface area contributed by atoms with Crippen LogP contribution in [0.1, 0.15) is 46.4 Å². The number of Topliss-reactive ketones (excluding diaryl/α,β-unsaturated/α-hetero) is 1. The molecule has 2 aromatic rings. The Morgan fingerprint density at radius 2 is 2.06 bits per heavy atom. The van der Waals surface area contributed by atoms with E-state index in [0.717, 1.165) is 37.3 Å². The fraction of sp³-hybridized carbons (Fsp3) is 0.455. The Morgan fingerprint density at radius 3 is 2.66 bits per heavy atom. The average molecular weight is 502 g/mol. The molecule has 0 unspecified atom stereocenters. The number of aromatic nitrogens is 1. The van der Waals surface area contributed by atoms with E-state index in [4.69, 9.17) is 10.4 Å². The van der Waals surface area contributed by atoms with Crippen LogP contribution in [0.15, 0.2) is 22.7 Å². The second-order valence-electron chi connectivity index (χ2n) is 8.91. The summed E-state index contributed by atoms with van der Waals surface area (Å²) in [6.07, 6.45) is 1.72. The molecule has 2 aliphatic heterocycles. The molecule has 1 saturated heterocycles. The summed E-state index contributed by atoms with van der Waals surface area (Å²) in [6, 6.07) is 3.52. The first-order valence-electron chi connectivity index (χ1n) is 11.3. The van der Waals surface area contributed by atoms with Crippen LogP contribution in [0.4, 0.5) is 5.13 Å². The minimum Gasteiger partial charge on any atom is -0.535 e. The van der Waals surface area contributed by atoms with Gasteiger partial charge in [0.05, 0.1) is 0 Å². The molecule has 11 nitrogen and oxygen atoms in total. The third-order valence-corrected chi connectivity index (χ3v) is 7.27. The molecule has 4 rings (SSSR count). The van der Waals surface area contributed by atoms with Crippen molar-refractivity contribution in [3.05, 3.63) is 39.9 Å². The Hall–Kier alpha value is -3.00. The fourth-order valence-corrected chi connectivity index (χ4v) is 5.20.